The highest BCUT2D eigenvalue weighted by atomic mass is 32.1. The van der Waals surface area contributed by atoms with Gasteiger partial charge in [0.25, 0.3) is 11.8 Å². The molecular formula is C27H14F6N6O2S2. The summed E-state index contributed by atoms with van der Waals surface area (Å²) in [4.78, 5) is 33.5. The highest BCUT2D eigenvalue weighted by molar-refractivity contribution is 7.21. The lowest BCUT2D eigenvalue weighted by Crippen LogP contribution is -2.18. The zero-order valence-corrected chi connectivity index (χ0v) is 22.8. The van der Waals surface area contributed by atoms with Crippen LogP contribution < -0.4 is 11.1 Å². The van der Waals surface area contributed by atoms with Crippen LogP contribution in [-0.2, 0) is 12.4 Å². The van der Waals surface area contributed by atoms with Gasteiger partial charge in [-0.15, -0.1) is 22.7 Å². The highest BCUT2D eigenvalue weighted by Gasteiger charge is 2.37. The number of pyridine rings is 1. The summed E-state index contributed by atoms with van der Waals surface area (Å²) < 4.78 is 83.6. The molecule has 6 aromatic rings. The second kappa shape index (κ2) is 10.2. The van der Waals surface area contributed by atoms with Gasteiger partial charge in [0, 0.05) is 11.5 Å². The van der Waals surface area contributed by atoms with Crippen molar-refractivity contribution in [3.05, 3.63) is 88.0 Å². The number of carbonyl (C=O) groups excluding carboxylic acids is 2. The van der Waals surface area contributed by atoms with Crippen molar-refractivity contribution in [2.24, 2.45) is 5.73 Å². The van der Waals surface area contributed by atoms with Crippen molar-refractivity contribution in [1.29, 1.82) is 0 Å². The summed E-state index contributed by atoms with van der Waals surface area (Å²) in [6, 6.07) is 13.7. The number of fused-ring (bicyclic) bond motifs is 2. The summed E-state index contributed by atoms with van der Waals surface area (Å²) in [6.07, 6.45) is -9.69. The second-order valence-corrected chi connectivity index (χ2v) is 11.0. The molecule has 0 unspecified atom stereocenters. The average molecular weight is 633 g/mol. The molecule has 0 bridgehead atoms. The normalized spacial score (nSPS) is 12.2. The van der Waals surface area contributed by atoms with Gasteiger partial charge in [-0.05, 0) is 34.7 Å². The predicted molar refractivity (Wildman–Crippen MR) is 148 cm³/mol. The number of halogens is 6. The van der Waals surface area contributed by atoms with Crippen LogP contribution in [0.2, 0.25) is 0 Å². The molecule has 5 heterocycles. The number of rotatable bonds is 5. The molecule has 1 aromatic carbocycles. The Hall–Kier alpha value is -4.83. The summed E-state index contributed by atoms with van der Waals surface area (Å²) >= 11 is 1.70. The maximum atomic E-state index is 14.0. The van der Waals surface area contributed by atoms with Crippen molar-refractivity contribution in [2.45, 2.75) is 12.4 Å². The Labute approximate surface area is 244 Å². The van der Waals surface area contributed by atoms with E-state index in [2.05, 4.69) is 20.4 Å². The number of aromatic nitrogens is 4. The van der Waals surface area contributed by atoms with Crippen LogP contribution in [0, 0.1) is 0 Å². The number of nitrogens with zero attached hydrogens (tertiary/aromatic N) is 4. The van der Waals surface area contributed by atoms with E-state index < -0.39 is 41.2 Å². The zero-order valence-electron chi connectivity index (χ0n) is 21.1. The largest absolute Gasteiger partial charge is 0.433 e. The molecule has 8 nitrogen and oxygen atoms in total. The molecule has 0 aliphatic rings. The van der Waals surface area contributed by atoms with E-state index in [0.29, 0.717) is 26.3 Å². The molecule has 16 heteroatoms. The zero-order chi connectivity index (χ0) is 30.7. The van der Waals surface area contributed by atoms with Crippen LogP contribution in [-0.4, -0.2) is 31.4 Å². The third kappa shape index (κ3) is 5.18. The number of thiophene rings is 2. The highest BCUT2D eigenvalue weighted by Crippen LogP contribution is 2.44. The fourth-order valence-electron chi connectivity index (χ4n) is 4.40. The van der Waals surface area contributed by atoms with Gasteiger partial charge < -0.3 is 11.1 Å². The van der Waals surface area contributed by atoms with E-state index in [4.69, 9.17) is 5.73 Å². The minimum atomic E-state index is -4.86. The van der Waals surface area contributed by atoms with Gasteiger partial charge >= 0.3 is 12.4 Å². The topological polar surface area (TPSA) is 115 Å². The van der Waals surface area contributed by atoms with Gasteiger partial charge in [-0.1, -0.05) is 36.4 Å². The fourth-order valence-corrected chi connectivity index (χ4v) is 6.09. The lowest BCUT2D eigenvalue weighted by Gasteiger charge is -2.12. The van der Waals surface area contributed by atoms with Crippen molar-refractivity contribution in [1.82, 2.24) is 19.6 Å². The minimum absolute atomic E-state index is 0.00593. The van der Waals surface area contributed by atoms with Crippen LogP contribution in [0.4, 0.5) is 32.0 Å². The molecule has 0 atom stereocenters. The minimum Gasteiger partial charge on any atom is -0.365 e. The standard InChI is InChI=1S/C27H14F6N6O2S2/c28-26(29,30)17-9-13(12-5-2-1-3-6-12)20-21(22(23(34)40)43-25(20)36-17)37-24(41)15-11-19-35-14(16-7-4-8-42-16)10-18(27(31,32)33)39(19)38-15/h1-11H,(H2,34,40)(H,37,41). The van der Waals surface area contributed by atoms with Crippen molar-refractivity contribution >= 4 is 56.0 Å². The third-order valence-electron chi connectivity index (χ3n) is 6.22. The predicted octanol–water partition coefficient (Wildman–Crippen LogP) is 7.12. The van der Waals surface area contributed by atoms with E-state index in [1.54, 1.807) is 35.7 Å². The maximum Gasteiger partial charge on any atom is 0.433 e. The molecular weight excluding hydrogens is 618 g/mol. The molecule has 0 radical (unpaired) electrons. The van der Waals surface area contributed by atoms with E-state index >= 15 is 0 Å². The Morgan fingerprint density at radius 2 is 1.65 bits per heavy atom. The van der Waals surface area contributed by atoms with E-state index in [0.717, 1.165) is 18.2 Å². The lowest BCUT2D eigenvalue weighted by molar-refractivity contribution is -0.143. The number of alkyl halides is 6. The maximum absolute atomic E-state index is 14.0. The van der Waals surface area contributed by atoms with Gasteiger partial charge in [0.05, 0.1) is 16.3 Å². The van der Waals surface area contributed by atoms with Crippen molar-refractivity contribution in [3.63, 3.8) is 0 Å². The molecule has 0 saturated heterocycles. The van der Waals surface area contributed by atoms with Gasteiger partial charge in [-0.25, -0.2) is 14.5 Å². The number of carbonyl (C=O) groups is 2. The summed E-state index contributed by atoms with van der Waals surface area (Å²) in [5.41, 5.74) is 2.38. The van der Waals surface area contributed by atoms with Crippen LogP contribution in [0.25, 0.3) is 37.6 Å². The first-order valence-corrected chi connectivity index (χ1v) is 13.7. The van der Waals surface area contributed by atoms with E-state index in [9.17, 15) is 35.9 Å². The van der Waals surface area contributed by atoms with Crippen LogP contribution in [0.15, 0.2) is 66.0 Å². The SMILES string of the molecule is NC(=O)c1sc2nc(C(F)(F)F)cc(-c3ccccc3)c2c1NC(=O)c1cc2nc(-c3cccs3)cc(C(F)(F)F)n2n1. The molecule has 0 aliphatic carbocycles. The monoisotopic (exact) mass is 632 g/mol. The number of nitrogens with two attached hydrogens (primary N) is 1. The van der Waals surface area contributed by atoms with Gasteiger partial charge in [0.1, 0.15) is 15.4 Å². The molecule has 43 heavy (non-hydrogen) atoms. The number of anilines is 1. The molecule has 5 aromatic heterocycles. The van der Waals surface area contributed by atoms with E-state index in [1.807, 2.05) is 0 Å². The number of amides is 2. The summed E-state index contributed by atoms with van der Waals surface area (Å²) in [5, 5.41) is 7.90. The Morgan fingerprint density at radius 1 is 0.907 bits per heavy atom. The fraction of sp³-hybridized carbons (Fsp3) is 0.0741. The van der Waals surface area contributed by atoms with Crippen LogP contribution in [0.3, 0.4) is 0 Å². The van der Waals surface area contributed by atoms with E-state index in [1.165, 1.54) is 23.5 Å². The number of primary amides is 1. The van der Waals surface area contributed by atoms with Crippen molar-refractivity contribution in [3.8, 4) is 21.7 Å². The summed E-state index contributed by atoms with van der Waals surface area (Å²) in [6.45, 7) is 0. The first-order chi connectivity index (χ1) is 20.3. The molecule has 0 spiro atoms. The van der Waals surface area contributed by atoms with E-state index in [-0.39, 0.29) is 37.7 Å². The average Bonchev–Trinajstić information content (AvgIpc) is 3.70. The van der Waals surface area contributed by atoms with Crippen LogP contribution in [0.1, 0.15) is 31.5 Å². The number of benzene rings is 1. The number of hydrogen-bond acceptors (Lipinski definition) is 7. The molecule has 0 saturated carbocycles. The van der Waals surface area contributed by atoms with Crippen molar-refractivity contribution < 1.29 is 35.9 Å². The third-order valence-corrected chi connectivity index (χ3v) is 8.21. The Bertz CT molecular complexity index is 2030. The lowest BCUT2D eigenvalue weighted by atomic mass is 10.0. The van der Waals surface area contributed by atoms with Gasteiger partial charge in [-0.2, -0.15) is 31.4 Å². The Morgan fingerprint density at radius 3 is 2.28 bits per heavy atom. The Kier molecular flexibility index (Phi) is 6.69. The van der Waals surface area contributed by atoms with Crippen molar-refractivity contribution in [2.75, 3.05) is 5.32 Å². The first-order valence-electron chi connectivity index (χ1n) is 12.0. The number of nitrogens with one attached hydrogen (secondary N) is 1. The number of hydrogen-bond donors (Lipinski definition) is 2. The molecule has 2 amide bonds. The van der Waals surface area contributed by atoms with Gasteiger partial charge in [-0.3, -0.25) is 9.59 Å². The van der Waals surface area contributed by atoms with Gasteiger partial charge in [0.15, 0.2) is 17.0 Å². The Balaban J connectivity index is 1.51. The quantitative estimate of drug-likeness (QED) is 0.196. The van der Waals surface area contributed by atoms with Crippen LogP contribution in [0.5, 0.6) is 0 Å². The molecule has 218 valence electrons. The smallest absolute Gasteiger partial charge is 0.365 e. The van der Waals surface area contributed by atoms with Crippen LogP contribution >= 0.6 is 22.7 Å². The molecule has 0 fully saturated rings. The molecule has 0 aliphatic heterocycles. The summed E-state index contributed by atoms with van der Waals surface area (Å²) in [7, 11) is 0. The molecule has 6 rings (SSSR count). The molecule has 3 N–H and O–H groups in total. The first kappa shape index (κ1) is 28.3. The van der Waals surface area contributed by atoms with Gasteiger partial charge in [0.2, 0.25) is 0 Å². The second-order valence-electron chi connectivity index (χ2n) is 9.02. The summed E-state index contributed by atoms with van der Waals surface area (Å²) in [5.74, 6) is -2.13.